The molecule has 1 amide bonds. The number of sulfonamides is 1. The molecule has 0 unspecified atom stereocenters. The van der Waals surface area contributed by atoms with Crippen molar-refractivity contribution in [2.75, 3.05) is 31.1 Å². The van der Waals surface area contributed by atoms with Crippen LogP contribution in [0.1, 0.15) is 9.67 Å². The topological polar surface area (TPSA) is 129 Å². The van der Waals surface area contributed by atoms with Crippen LogP contribution in [0.15, 0.2) is 29.3 Å². The lowest BCUT2D eigenvalue weighted by atomic mass is 10.3. The molecule has 2 aromatic heterocycles. The third-order valence-electron chi connectivity index (χ3n) is 4.19. The maximum Gasteiger partial charge on any atom is 0.286 e. The first-order valence-corrected chi connectivity index (χ1v) is 10.9. The molecule has 3 heterocycles. The molecule has 0 bridgehead atoms. The molecule has 2 N–H and O–H groups in total. The molecule has 1 saturated heterocycles. The molecule has 13 heteroatoms. The van der Waals surface area contributed by atoms with E-state index in [-0.39, 0.29) is 9.77 Å². The average molecular weight is 427 g/mol. The quantitative estimate of drug-likeness (QED) is 0.463. The predicted molar refractivity (Wildman–Crippen MR) is 99.8 cm³/mol. The van der Waals surface area contributed by atoms with Gasteiger partial charge in [0.05, 0.1) is 22.8 Å². The van der Waals surface area contributed by atoms with Crippen molar-refractivity contribution in [1.29, 1.82) is 0 Å². The molecule has 3 aromatic rings. The van der Waals surface area contributed by atoms with Crippen molar-refractivity contribution in [3.63, 3.8) is 0 Å². The summed E-state index contributed by atoms with van der Waals surface area (Å²) in [5.74, 6) is -0.619. The van der Waals surface area contributed by atoms with E-state index in [0.29, 0.717) is 42.3 Å². The van der Waals surface area contributed by atoms with E-state index in [4.69, 9.17) is 5.21 Å². The van der Waals surface area contributed by atoms with Crippen molar-refractivity contribution in [2.45, 2.75) is 4.90 Å². The number of hydrogen-bond donors (Lipinski definition) is 2. The number of anilines is 1. The number of benzene rings is 1. The minimum atomic E-state index is -3.62. The molecule has 27 heavy (non-hydrogen) atoms. The molecule has 1 fully saturated rings. The highest BCUT2D eigenvalue weighted by Crippen LogP contribution is 2.26. The monoisotopic (exact) mass is 426 g/mol. The number of fused-ring (bicyclic) bond motifs is 1. The van der Waals surface area contributed by atoms with E-state index in [2.05, 4.69) is 13.7 Å². The molecule has 1 aromatic carbocycles. The Morgan fingerprint density at radius 3 is 2.63 bits per heavy atom. The van der Waals surface area contributed by atoms with Gasteiger partial charge in [-0.15, -0.1) is 0 Å². The van der Waals surface area contributed by atoms with Gasteiger partial charge in [-0.25, -0.2) is 18.9 Å². The first-order valence-electron chi connectivity index (χ1n) is 7.87. The largest absolute Gasteiger partial charge is 0.345 e. The highest BCUT2D eigenvalue weighted by Gasteiger charge is 2.30. The first kappa shape index (κ1) is 18.2. The summed E-state index contributed by atoms with van der Waals surface area (Å²) in [4.78, 5) is 18.0. The zero-order chi connectivity index (χ0) is 19.0. The lowest BCUT2D eigenvalue weighted by Gasteiger charge is -2.33. The summed E-state index contributed by atoms with van der Waals surface area (Å²) in [7, 11) is -3.62. The van der Waals surface area contributed by atoms with Crippen LogP contribution in [-0.2, 0) is 10.0 Å². The lowest BCUT2D eigenvalue weighted by molar-refractivity contribution is 0.0710. The minimum Gasteiger partial charge on any atom is -0.345 e. The van der Waals surface area contributed by atoms with Crippen LogP contribution in [0.2, 0.25) is 0 Å². The average Bonchev–Trinajstić information content (AvgIpc) is 3.36. The second-order valence-electron chi connectivity index (χ2n) is 5.75. The molecule has 0 radical (unpaired) electrons. The SMILES string of the molecule is O=C(NO)c1cnc(N2CCN(S(=O)(=O)c3ccc4nsnc4c3)CC2)s1. The van der Waals surface area contributed by atoms with Gasteiger partial charge < -0.3 is 4.90 Å². The van der Waals surface area contributed by atoms with Crippen molar-refractivity contribution >= 4 is 55.2 Å². The molecule has 10 nitrogen and oxygen atoms in total. The zero-order valence-electron chi connectivity index (χ0n) is 13.8. The molecule has 0 spiro atoms. The van der Waals surface area contributed by atoms with Crippen LogP contribution >= 0.6 is 23.1 Å². The second-order valence-corrected chi connectivity index (χ2v) is 9.23. The van der Waals surface area contributed by atoms with Crippen molar-refractivity contribution in [3.05, 3.63) is 29.3 Å². The van der Waals surface area contributed by atoms with Crippen molar-refractivity contribution in [2.24, 2.45) is 0 Å². The Kier molecular flexibility index (Phi) is 4.77. The van der Waals surface area contributed by atoms with Crippen LogP contribution in [0, 0.1) is 0 Å². The van der Waals surface area contributed by atoms with Gasteiger partial charge in [0.15, 0.2) is 5.13 Å². The molecule has 0 atom stereocenters. The first-order chi connectivity index (χ1) is 13.0. The molecular formula is C14H14N6O4S3. The molecule has 0 saturated carbocycles. The van der Waals surface area contributed by atoms with Gasteiger partial charge >= 0.3 is 0 Å². The highest BCUT2D eigenvalue weighted by molar-refractivity contribution is 7.89. The normalized spacial score (nSPS) is 16.0. The van der Waals surface area contributed by atoms with Crippen LogP contribution in [0.5, 0.6) is 0 Å². The summed E-state index contributed by atoms with van der Waals surface area (Å²) in [6.45, 7) is 1.51. The van der Waals surface area contributed by atoms with Gasteiger partial charge in [-0.2, -0.15) is 13.1 Å². The maximum atomic E-state index is 12.9. The fourth-order valence-electron chi connectivity index (χ4n) is 2.76. The molecule has 1 aliphatic heterocycles. The minimum absolute atomic E-state index is 0.201. The van der Waals surface area contributed by atoms with Gasteiger partial charge in [-0.05, 0) is 18.2 Å². The van der Waals surface area contributed by atoms with E-state index in [1.54, 1.807) is 23.7 Å². The Morgan fingerprint density at radius 1 is 1.15 bits per heavy atom. The van der Waals surface area contributed by atoms with E-state index >= 15 is 0 Å². The van der Waals surface area contributed by atoms with Gasteiger partial charge in [-0.1, -0.05) is 11.3 Å². The Labute approximate surface area is 162 Å². The van der Waals surface area contributed by atoms with Crippen LogP contribution in [0.25, 0.3) is 11.0 Å². The van der Waals surface area contributed by atoms with E-state index in [9.17, 15) is 13.2 Å². The van der Waals surface area contributed by atoms with Gasteiger partial charge in [0, 0.05) is 26.2 Å². The summed E-state index contributed by atoms with van der Waals surface area (Å²) < 4.78 is 35.4. The summed E-state index contributed by atoms with van der Waals surface area (Å²) in [5, 5.41) is 9.29. The summed E-state index contributed by atoms with van der Waals surface area (Å²) in [5.41, 5.74) is 2.81. The Hall–Kier alpha value is -2.19. The number of piperazine rings is 1. The van der Waals surface area contributed by atoms with E-state index in [0.717, 1.165) is 23.1 Å². The van der Waals surface area contributed by atoms with Crippen LogP contribution < -0.4 is 10.4 Å². The van der Waals surface area contributed by atoms with Crippen molar-refractivity contribution in [3.8, 4) is 0 Å². The van der Waals surface area contributed by atoms with E-state index < -0.39 is 15.9 Å². The number of hydroxylamine groups is 1. The Morgan fingerprint density at radius 2 is 1.89 bits per heavy atom. The van der Waals surface area contributed by atoms with E-state index in [1.165, 1.54) is 10.5 Å². The van der Waals surface area contributed by atoms with Crippen molar-refractivity contribution < 1.29 is 18.4 Å². The van der Waals surface area contributed by atoms with Crippen LogP contribution in [0.3, 0.4) is 0 Å². The smallest absolute Gasteiger partial charge is 0.286 e. The lowest BCUT2D eigenvalue weighted by Crippen LogP contribution is -2.48. The van der Waals surface area contributed by atoms with Gasteiger partial charge in [0.1, 0.15) is 15.9 Å². The number of thiazole rings is 1. The Balaban J connectivity index is 1.48. The number of amides is 1. The summed E-state index contributed by atoms with van der Waals surface area (Å²) >= 11 is 2.19. The fraction of sp³-hybridized carbons (Fsp3) is 0.286. The third-order valence-corrected chi connectivity index (χ3v) is 7.70. The second kappa shape index (κ2) is 7.09. The van der Waals surface area contributed by atoms with E-state index in [1.807, 2.05) is 4.90 Å². The summed E-state index contributed by atoms with van der Waals surface area (Å²) in [6, 6.07) is 4.75. The molecule has 0 aliphatic carbocycles. The van der Waals surface area contributed by atoms with Crippen LogP contribution in [0.4, 0.5) is 5.13 Å². The third kappa shape index (κ3) is 3.39. The number of nitrogens with one attached hydrogen (secondary N) is 1. The zero-order valence-corrected chi connectivity index (χ0v) is 16.2. The molecule has 4 rings (SSSR count). The standard InChI is InChI=1S/C14H14N6O4S3/c21-13(16-22)12-8-15-14(25-12)19-3-5-20(6-4-19)27(23,24)9-1-2-10-11(7-9)18-26-17-10/h1-2,7-8,22H,3-6H2,(H,16,21). The predicted octanol–water partition coefficient (Wildman–Crippen LogP) is 0.778. The molecular weight excluding hydrogens is 412 g/mol. The maximum absolute atomic E-state index is 12.9. The number of aromatic nitrogens is 3. The molecule has 1 aliphatic rings. The number of hydrogen-bond acceptors (Lipinski definition) is 10. The number of carbonyl (C=O) groups excluding carboxylic acids is 1. The van der Waals surface area contributed by atoms with Crippen LogP contribution in [-0.4, -0.2) is 63.7 Å². The fourth-order valence-corrected chi connectivity index (χ4v) is 5.58. The highest BCUT2D eigenvalue weighted by atomic mass is 32.2. The number of carbonyl (C=O) groups is 1. The van der Waals surface area contributed by atoms with Crippen molar-refractivity contribution in [1.82, 2.24) is 23.5 Å². The number of nitrogens with zero attached hydrogens (tertiary/aromatic N) is 5. The summed E-state index contributed by atoms with van der Waals surface area (Å²) in [6.07, 6.45) is 1.38. The van der Waals surface area contributed by atoms with Gasteiger partial charge in [-0.3, -0.25) is 10.0 Å². The number of rotatable bonds is 4. The Bertz CT molecular complexity index is 1090. The molecule has 142 valence electrons. The van der Waals surface area contributed by atoms with Gasteiger partial charge in [0.2, 0.25) is 10.0 Å². The van der Waals surface area contributed by atoms with Gasteiger partial charge in [0.25, 0.3) is 5.91 Å².